The van der Waals surface area contributed by atoms with Gasteiger partial charge in [-0.15, -0.1) is 0 Å². The lowest BCUT2D eigenvalue weighted by atomic mass is 10.4. The number of nitrogens with one attached hydrogen (secondary N) is 2. The third-order valence-corrected chi connectivity index (χ3v) is 12.0. The first kappa shape index (κ1) is 23.5. The van der Waals surface area contributed by atoms with Crippen molar-refractivity contribution < 1.29 is 22.5 Å². The number of rotatable bonds is 14. The standard InChI is InChI=1S/C15H36N2O5Si2/c1-7-23(19-3,20-4)13-9-11-16-15(18)17-12-10-14-24(8-2,21-5)22-6/h7-14H2,1-6H3,(H2,16,17,18). The van der Waals surface area contributed by atoms with E-state index in [4.69, 9.17) is 17.7 Å². The molecule has 0 spiro atoms. The van der Waals surface area contributed by atoms with Crippen molar-refractivity contribution in [2.45, 2.75) is 50.9 Å². The predicted molar refractivity (Wildman–Crippen MR) is 101 cm³/mol. The molecule has 24 heavy (non-hydrogen) atoms. The highest BCUT2D eigenvalue weighted by Crippen LogP contribution is 2.19. The smallest absolute Gasteiger partial charge is 0.337 e. The Hall–Kier alpha value is -0.456. The van der Waals surface area contributed by atoms with E-state index in [0.717, 1.165) is 37.0 Å². The number of hydrogen-bond acceptors (Lipinski definition) is 5. The first-order valence-electron chi connectivity index (χ1n) is 8.69. The molecule has 0 unspecified atom stereocenters. The van der Waals surface area contributed by atoms with E-state index >= 15 is 0 Å². The van der Waals surface area contributed by atoms with Gasteiger partial charge in [-0.1, -0.05) is 13.8 Å². The number of carbonyl (C=O) groups excluding carboxylic acids is 1. The maximum absolute atomic E-state index is 11.8. The molecule has 0 saturated carbocycles. The lowest BCUT2D eigenvalue weighted by Gasteiger charge is -2.26. The Labute approximate surface area is 149 Å². The van der Waals surface area contributed by atoms with Crippen LogP contribution in [0, 0.1) is 0 Å². The second-order valence-corrected chi connectivity index (χ2v) is 13.4. The fourth-order valence-corrected chi connectivity index (χ4v) is 7.13. The van der Waals surface area contributed by atoms with Crippen LogP contribution in [0.4, 0.5) is 4.79 Å². The predicted octanol–water partition coefficient (Wildman–Crippen LogP) is 2.58. The second-order valence-electron chi connectivity index (χ2n) is 5.73. The Kier molecular flexibility index (Phi) is 12.6. The molecule has 0 rings (SSSR count). The van der Waals surface area contributed by atoms with E-state index in [1.54, 1.807) is 28.4 Å². The molecule has 0 aromatic carbocycles. The molecule has 0 atom stereocenters. The van der Waals surface area contributed by atoms with Crippen LogP contribution in [0.25, 0.3) is 0 Å². The second kappa shape index (κ2) is 12.8. The summed E-state index contributed by atoms with van der Waals surface area (Å²) in [5.41, 5.74) is 0. The van der Waals surface area contributed by atoms with Crippen molar-refractivity contribution in [2.24, 2.45) is 0 Å². The molecule has 0 heterocycles. The van der Waals surface area contributed by atoms with Crippen LogP contribution in [0.3, 0.4) is 0 Å². The van der Waals surface area contributed by atoms with E-state index in [9.17, 15) is 4.79 Å². The van der Waals surface area contributed by atoms with E-state index < -0.39 is 17.1 Å². The molecule has 7 nitrogen and oxygen atoms in total. The zero-order valence-electron chi connectivity index (χ0n) is 16.2. The molecule has 144 valence electrons. The minimum absolute atomic E-state index is 0.132. The molecular formula is C15H36N2O5Si2. The van der Waals surface area contributed by atoms with E-state index in [-0.39, 0.29) is 6.03 Å². The first-order chi connectivity index (χ1) is 11.5. The number of amides is 2. The van der Waals surface area contributed by atoms with E-state index in [1.165, 1.54) is 0 Å². The monoisotopic (exact) mass is 380 g/mol. The molecule has 0 aromatic rings. The highest BCUT2D eigenvalue weighted by Gasteiger charge is 2.33. The van der Waals surface area contributed by atoms with Gasteiger partial charge in [-0.25, -0.2) is 4.79 Å². The van der Waals surface area contributed by atoms with Crippen LogP contribution in [0.1, 0.15) is 26.7 Å². The van der Waals surface area contributed by atoms with Crippen molar-refractivity contribution in [3.63, 3.8) is 0 Å². The number of urea groups is 1. The van der Waals surface area contributed by atoms with Gasteiger partial charge >= 0.3 is 23.2 Å². The fraction of sp³-hybridized carbons (Fsp3) is 0.933. The first-order valence-corrected chi connectivity index (χ1v) is 13.2. The van der Waals surface area contributed by atoms with Crippen LogP contribution >= 0.6 is 0 Å². The van der Waals surface area contributed by atoms with Crippen molar-refractivity contribution in [3.8, 4) is 0 Å². The summed E-state index contributed by atoms with van der Waals surface area (Å²) >= 11 is 0. The summed E-state index contributed by atoms with van der Waals surface area (Å²) in [5, 5.41) is 5.75. The Bertz CT molecular complexity index is 293. The number of hydrogen-bond donors (Lipinski definition) is 2. The van der Waals surface area contributed by atoms with Crippen molar-refractivity contribution >= 4 is 23.2 Å². The van der Waals surface area contributed by atoms with Crippen molar-refractivity contribution in [2.75, 3.05) is 41.5 Å². The number of carbonyl (C=O) groups is 1. The molecule has 0 bridgehead atoms. The molecule has 2 N–H and O–H groups in total. The van der Waals surface area contributed by atoms with Gasteiger partial charge in [0.1, 0.15) is 0 Å². The molecule has 0 aliphatic rings. The summed E-state index contributed by atoms with van der Waals surface area (Å²) in [6.45, 7) is 5.41. The maximum Gasteiger partial charge on any atom is 0.337 e. The van der Waals surface area contributed by atoms with Gasteiger partial charge in [0.2, 0.25) is 0 Å². The van der Waals surface area contributed by atoms with Crippen LogP contribution in [0.2, 0.25) is 24.2 Å². The van der Waals surface area contributed by atoms with Crippen LogP contribution < -0.4 is 10.6 Å². The third-order valence-electron chi connectivity index (χ3n) is 4.61. The van der Waals surface area contributed by atoms with Gasteiger partial charge in [0.05, 0.1) is 0 Å². The maximum atomic E-state index is 11.8. The van der Waals surface area contributed by atoms with E-state index in [1.807, 2.05) is 0 Å². The van der Waals surface area contributed by atoms with Crippen molar-refractivity contribution in [3.05, 3.63) is 0 Å². The molecule has 0 aliphatic heterocycles. The Morgan fingerprint density at radius 3 is 1.33 bits per heavy atom. The van der Waals surface area contributed by atoms with Crippen molar-refractivity contribution in [1.82, 2.24) is 10.6 Å². The average Bonchev–Trinajstić information content (AvgIpc) is 2.63. The molecule has 0 radical (unpaired) electrons. The minimum Gasteiger partial charge on any atom is -0.398 e. The molecular weight excluding hydrogens is 344 g/mol. The minimum atomic E-state index is -2.05. The highest BCUT2D eigenvalue weighted by atomic mass is 28.4. The lowest BCUT2D eigenvalue weighted by Crippen LogP contribution is -2.42. The van der Waals surface area contributed by atoms with E-state index in [0.29, 0.717) is 13.1 Å². The van der Waals surface area contributed by atoms with Crippen molar-refractivity contribution in [1.29, 1.82) is 0 Å². The summed E-state index contributed by atoms with van der Waals surface area (Å²) in [6.07, 6.45) is 1.71. The molecule has 0 aromatic heterocycles. The van der Waals surface area contributed by atoms with Gasteiger partial charge in [-0.05, 0) is 37.0 Å². The molecule has 0 fully saturated rings. The summed E-state index contributed by atoms with van der Waals surface area (Å²) < 4.78 is 22.2. The largest absolute Gasteiger partial charge is 0.398 e. The summed E-state index contributed by atoms with van der Waals surface area (Å²) in [5.74, 6) is 0. The fourth-order valence-electron chi connectivity index (χ4n) is 2.69. The molecule has 9 heteroatoms. The summed E-state index contributed by atoms with van der Waals surface area (Å²) in [7, 11) is 2.73. The topological polar surface area (TPSA) is 78.1 Å². The zero-order chi connectivity index (χ0) is 18.5. The molecule has 2 amide bonds. The van der Waals surface area contributed by atoms with Crippen LogP contribution in [0.15, 0.2) is 0 Å². The molecule has 0 aliphatic carbocycles. The quantitative estimate of drug-likeness (QED) is 0.358. The van der Waals surface area contributed by atoms with Gasteiger partial charge in [-0.2, -0.15) is 0 Å². The zero-order valence-corrected chi connectivity index (χ0v) is 18.2. The Morgan fingerprint density at radius 1 is 0.750 bits per heavy atom. The van der Waals surface area contributed by atoms with Crippen LogP contribution in [0.5, 0.6) is 0 Å². The van der Waals surface area contributed by atoms with Gasteiger partial charge in [0.25, 0.3) is 0 Å². The Morgan fingerprint density at radius 2 is 1.08 bits per heavy atom. The van der Waals surface area contributed by atoms with E-state index in [2.05, 4.69) is 24.5 Å². The summed E-state index contributed by atoms with van der Waals surface area (Å²) in [6, 6.07) is 3.45. The SMILES string of the molecule is CC[Si](CCCNC(=O)NCCC[Si](CC)(OC)OC)(OC)OC. The third kappa shape index (κ3) is 8.08. The van der Waals surface area contributed by atoms with Crippen LogP contribution in [-0.4, -0.2) is 64.7 Å². The normalized spacial score (nSPS) is 12.2. The van der Waals surface area contributed by atoms with Gasteiger partial charge in [0, 0.05) is 41.5 Å². The Balaban J connectivity index is 3.88. The van der Waals surface area contributed by atoms with Crippen LogP contribution in [-0.2, 0) is 17.7 Å². The molecule has 0 saturated heterocycles. The average molecular weight is 381 g/mol. The lowest BCUT2D eigenvalue weighted by molar-refractivity contribution is 0.235. The highest BCUT2D eigenvalue weighted by molar-refractivity contribution is 6.67. The summed E-state index contributed by atoms with van der Waals surface area (Å²) in [4.78, 5) is 11.8. The van der Waals surface area contributed by atoms with Gasteiger partial charge < -0.3 is 28.3 Å². The van der Waals surface area contributed by atoms with Gasteiger partial charge in [0.15, 0.2) is 0 Å². The van der Waals surface area contributed by atoms with Gasteiger partial charge in [-0.3, -0.25) is 0 Å².